The Morgan fingerprint density at radius 3 is 2.53 bits per heavy atom. The van der Waals surface area contributed by atoms with Crippen LogP contribution in [0.25, 0.3) is 0 Å². The molecule has 106 valence electrons. The van der Waals surface area contributed by atoms with Gasteiger partial charge in [0.1, 0.15) is 0 Å². The van der Waals surface area contributed by atoms with Crippen molar-refractivity contribution >= 4 is 5.91 Å². The molecule has 0 aliphatic carbocycles. The van der Waals surface area contributed by atoms with E-state index >= 15 is 0 Å². The van der Waals surface area contributed by atoms with Gasteiger partial charge in [-0.1, -0.05) is 19.9 Å². The van der Waals surface area contributed by atoms with Gasteiger partial charge < -0.3 is 4.90 Å². The molecular weight excluding hydrogens is 238 g/mol. The average molecular weight is 263 g/mol. The minimum atomic E-state index is 0.224. The van der Waals surface area contributed by atoms with E-state index in [0.717, 1.165) is 25.3 Å². The molecule has 4 nitrogen and oxygen atoms in total. The molecule has 19 heavy (non-hydrogen) atoms. The molecule has 1 fully saturated rings. The summed E-state index contributed by atoms with van der Waals surface area (Å²) in [6.45, 7) is 11.1. The van der Waals surface area contributed by atoms with Crippen LogP contribution in [0.1, 0.15) is 33.4 Å². The van der Waals surface area contributed by atoms with Gasteiger partial charge in [-0.3, -0.25) is 14.7 Å². The third-order valence-electron chi connectivity index (χ3n) is 3.07. The van der Waals surface area contributed by atoms with Gasteiger partial charge >= 0.3 is 0 Å². The third-order valence-corrected chi connectivity index (χ3v) is 3.07. The summed E-state index contributed by atoms with van der Waals surface area (Å²) in [7, 11) is 0. The molecular formula is C15H25N3O. The van der Waals surface area contributed by atoms with E-state index < -0.39 is 0 Å². The number of hydrogen-bond donors (Lipinski definition) is 0. The molecule has 0 bridgehead atoms. The summed E-state index contributed by atoms with van der Waals surface area (Å²) in [5.74, 6) is 0.224. The van der Waals surface area contributed by atoms with Crippen LogP contribution in [0.4, 0.5) is 0 Å². The number of piperazine rings is 1. The summed E-state index contributed by atoms with van der Waals surface area (Å²) < 4.78 is 0. The first-order valence-electron chi connectivity index (χ1n) is 7.08. The van der Waals surface area contributed by atoms with E-state index in [1.54, 1.807) is 6.20 Å². The molecule has 0 unspecified atom stereocenters. The molecule has 0 radical (unpaired) electrons. The maximum Gasteiger partial charge on any atom is 0.237 e. The van der Waals surface area contributed by atoms with Gasteiger partial charge in [0.05, 0.1) is 12.2 Å². The van der Waals surface area contributed by atoms with Crippen LogP contribution in [0.3, 0.4) is 0 Å². The molecule has 0 spiro atoms. The molecule has 1 aliphatic rings. The fourth-order valence-electron chi connectivity index (χ4n) is 2.14. The topological polar surface area (TPSA) is 36.4 Å². The molecule has 4 heteroatoms. The van der Waals surface area contributed by atoms with Crippen molar-refractivity contribution in [2.75, 3.05) is 19.6 Å². The molecule has 0 saturated carbocycles. The number of nitrogens with zero attached hydrogens (tertiary/aromatic N) is 3. The van der Waals surface area contributed by atoms with Crippen molar-refractivity contribution in [1.82, 2.24) is 14.8 Å². The first kappa shape index (κ1) is 15.6. The largest absolute Gasteiger partial charge is 0.338 e. The van der Waals surface area contributed by atoms with E-state index in [1.165, 1.54) is 0 Å². The lowest BCUT2D eigenvalue weighted by molar-refractivity contribution is -0.138. The lowest BCUT2D eigenvalue weighted by Crippen LogP contribution is -2.52. The van der Waals surface area contributed by atoms with Gasteiger partial charge in [-0.2, -0.15) is 0 Å². The highest BCUT2D eigenvalue weighted by Gasteiger charge is 2.25. The molecule has 1 saturated heterocycles. The Balaban J connectivity index is 0.000000861. The van der Waals surface area contributed by atoms with Crippen LogP contribution in [0.15, 0.2) is 24.4 Å². The molecule has 0 atom stereocenters. The smallest absolute Gasteiger partial charge is 0.237 e. The number of aromatic nitrogens is 1. The second-order valence-electron chi connectivity index (χ2n) is 4.71. The van der Waals surface area contributed by atoms with Crippen molar-refractivity contribution in [3.63, 3.8) is 0 Å². The highest BCUT2D eigenvalue weighted by molar-refractivity contribution is 5.79. The normalized spacial score (nSPS) is 16.3. The fourth-order valence-corrected chi connectivity index (χ4v) is 2.14. The summed E-state index contributed by atoms with van der Waals surface area (Å²) in [6, 6.07) is 6.19. The van der Waals surface area contributed by atoms with E-state index in [0.29, 0.717) is 12.6 Å². The zero-order valence-electron chi connectivity index (χ0n) is 12.5. The van der Waals surface area contributed by atoms with Crippen LogP contribution < -0.4 is 0 Å². The fraction of sp³-hybridized carbons (Fsp3) is 0.600. The minimum Gasteiger partial charge on any atom is -0.338 e. The van der Waals surface area contributed by atoms with Gasteiger partial charge in [-0.15, -0.1) is 0 Å². The monoisotopic (exact) mass is 263 g/mol. The lowest BCUT2D eigenvalue weighted by atomic mass is 10.2. The van der Waals surface area contributed by atoms with Crippen LogP contribution in [0.5, 0.6) is 0 Å². The van der Waals surface area contributed by atoms with Gasteiger partial charge in [0.15, 0.2) is 0 Å². The van der Waals surface area contributed by atoms with Gasteiger partial charge in [0.2, 0.25) is 5.91 Å². The number of hydrogen-bond acceptors (Lipinski definition) is 3. The standard InChI is InChI=1S/C13H19N3O.C2H6/c1-11(2)16-8-7-15(10-13(16)17)9-12-5-3-4-6-14-12;1-2/h3-6,11H,7-10H2,1-2H3;1-2H3. The molecule has 1 aliphatic heterocycles. The van der Waals surface area contributed by atoms with Crippen LogP contribution in [-0.2, 0) is 11.3 Å². The Kier molecular flexibility index (Phi) is 6.50. The Morgan fingerprint density at radius 1 is 1.26 bits per heavy atom. The number of pyridine rings is 1. The third kappa shape index (κ3) is 4.63. The molecule has 2 heterocycles. The second kappa shape index (κ2) is 7.89. The molecule has 1 amide bonds. The zero-order chi connectivity index (χ0) is 14.3. The van der Waals surface area contributed by atoms with E-state index in [4.69, 9.17) is 0 Å². The van der Waals surface area contributed by atoms with Crippen molar-refractivity contribution in [1.29, 1.82) is 0 Å². The van der Waals surface area contributed by atoms with Crippen LogP contribution in [-0.4, -0.2) is 46.4 Å². The van der Waals surface area contributed by atoms with Gasteiger partial charge in [0.25, 0.3) is 0 Å². The van der Waals surface area contributed by atoms with Gasteiger partial charge in [0, 0.05) is 31.9 Å². The Bertz CT molecular complexity index is 378. The molecule has 1 aromatic rings. The van der Waals surface area contributed by atoms with Crippen molar-refractivity contribution in [2.45, 2.75) is 40.3 Å². The van der Waals surface area contributed by atoms with Crippen molar-refractivity contribution < 1.29 is 4.79 Å². The minimum absolute atomic E-state index is 0.224. The number of carbonyl (C=O) groups excluding carboxylic acids is 1. The molecule has 0 N–H and O–H groups in total. The van der Waals surface area contributed by atoms with E-state index in [9.17, 15) is 4.79 Å². The number of carbonyl (C=O) groups is 1. The maximum absolute atomic E-state index is 11.9. The summed E-state index contributed by atoms with van der Waals surface area (Å²) in [5.41, 5.74) is 1.03. The zero-order valence-corrected chi connectivity index (χ0v) is 12.5. The summed E-state index contributed by atoms with van der Waals surface area (Å²) in [4.78, 5) is 20.3. The van der Waals surface area contributed by atoms with Crippen LogP contribution >= 0.6 is 0 Å². The highest BCUT2D eigenvalue weighted by atomic mass is 16.2. The van der Waals surface area contributed by atoms with Crippen molar-refractivity contribution in [3.05, 3.63) is 30.1 Å². The number of amides is 1. The predicted molar refractivity (Wildman–Crippen MR) is 77.7 cm³/mol. The van der Waals surface area contributed by atoms with Gasteiger partial charge in [-0.05, 0) is 26.0 Å². The van der Waals surface area contributed by atoms with E-state index in [2.05, 4.69) is 23.7 Å². The first-order valence-corrected chi connectivity index (χ1v) is 7.08. The second-order valence-corrected chi connectivity index (χ2v) is 4.71. The molecule has 1 aromatic heterocycles. The maximum atomic E-state index is 11.9. The summed E-state index contributed by atoms with van der Waals surface area (Å²) in [6.07, 6.45) is 1.79. The Morgan fingerprint density at radius 2 is 2.00 bits per heavy atom. The van der Waals surface area contributed by atoms with Crippen molar-refractivity contribution in [2.24, 2.45) is 0 Å². The number of rotatable bonds is 3. The Labute approximate surface area is 116 Å². The van der Waals surface area contributed by atoms with E-state index in [-0.39, 0.29) is 5.91 Å². The SMILES string of the molecule is CC.CC(C)N1CCN(Cc2ccccn2)CC1=O. The van der Waals surface area contributed by atoms with Gasteiger partial charge in [-0.25, -0.2) is 0 Å². The lowest BCUT2D eigenvalue weighted by Gasteiger charge is -2.36. The molecule has 2 rings (SSSR count). The van der Waals surface area contributed by atoms with Crippen LogP contribution in [0.2, 0.25) is 0 Å². The predicted octanol–water partition coefficient (Wildman–Crippen LogP) is 2.16. The average Bonchev–Trinajstić information content (AvgIpc) is 2.42. The summed E-state index contributed by atoms with van der Waals surface area (Å²) in [5, 5.41) is 0. The van der Waals surface area contributed by atoms with E-state index in [1.807, 2.05) is 36.9 Å². The van der Waals surface area contributed by atoms with Crippen LogP contribution in [0, 0.1) is 0 Å². The van der Waals surface area contributed by atoms with Crippen molar-refractivity contribution in [3.8, 4) is 0 Å². The summed E-state index contributed by atoms with van der Waals surface area (Å²) >= 11 is 0. The molecule has 0 aromatic carbocycles. The Hall–Kier alpha value is -1.42. The quantitative estimate of drug-likeness (QED) is 0.838. The first-order chi connectivity index (χ1) is 9.16. The highest BCUT2D eigenvalue weighted by Crippen LogP contribution is 2.10.